The number of aryl methyl sites for hydroxylation is 1. The molecule has 1 amide bonds. The fourth-order valence-corrected chi connectivity index (χ4v) is 3.56. The number of primary amides is 1. The van der Waals surface area contributed by atoms with Crippen LogP contribution in [0.5, 0.6) is 17.2 Å². The maximum atomic E-state index is 11.6. The van der Waals surface area contributed by atoms with Crippen LogP contribution in [0.1, 0.15) is 16.7 Å². The van der Waals surface area contributed by atoms with Gasteiger partial charge in [-0.25, -0.2) is 9.97 Å². The summed E-state index contributed by atoms with van der Waals surface area (Å²) >= 11 is 12.7. The van der Waals surface area contributed by atoms with Gasteiger partial charge in [-0.15, -0.1) is 0 Å². The van der Waals surface area contributed by atoms with Crippen LogP contribution in [0.2, 0.25) is 10.0 Å². The van der Waals surface area contributed by atoms with E-state index in [1.165, 1.54) is 26.6 Å². The Morgan fingerprint density at radius 3 is 2.24 bits per heavy atom. The fraction of sp³-hybridized carbons (Fsp3) is 0.174. The van der Waals surface area contributed by atoms with Gasteiger partial charge in [0.1, 0.15) is 18.1 Å². The number of rotatable bonds is 9. The average molecular weight is 489 g/mol. The van der Waals surface area contributed by atoms with Gasteiger partial charge in [-0.2, -0.15) is 0 Å². The van der Waals surface area contributed by atoms with Crippen molar-refractivity contribution in [3.05, 3.63) is 70.0 Å². The number of hydrogen-bond acceptors (Lipinski definition) is 7. The number of carbonyl (C=O) groups is 1. The maximum Gasteiger partial charge on any atom is 0.248 e. The summed E-state index contributed by atoms with van der Waals surface area (Å²) in [7, 11) is 2.99. The van der Waals surface area contributed by atoms with Crippen LogP contribution in [0.25, 0.3) is 5.57 Å². The zero-order valence-electron chi connectivity index (χ0n) is 18.2. The molecule has 172 valence electrons. The van der Waals surface area contributed by atoms with E-state index in [1.54, 1.807) is 12.1 Å². The summed E-state index contributed by atoms with van der Waals surface area (Å²) in [5, 5.41) is 3.72. The second kappa shape index (κ2) is 10.4. The van der Waals surface area contributed by atoms with Crippen molar-refractivity contribution in [2.75, 3.05) is 19.5 Å². The molecule has 0 unspecified atom stereocenters. The molecule has 3 aromatic rings. The van der Waals surface area contributed by atoms with Gasteiger partial charge in [-0.3, -0.25) is 4.79 Å². The Hall–Kier alpha value is -3.49. The van der Waals surface area contributed by atoms with Gasteiger partial charge < -0.3 is 25.3 Å². The summed E-state index contributed by atoms with van der Waals surface area (Å²) in [6.45, 7) is 5.71. The minimum Gasteiger partial charge on any atom is -0.495 e. The van der Waals surface area contributed by atoms with Gasteiger partial charge in [-0.1, -0.05) is 41.9 Å². The van der Waals surface area contributed by atoms with Gasteiger partial charge in [-0.05, 0) is 18.6 Å². The number of anilines is 2. The average Bonchev–Trinajstić information content (AvgIpc) is 2.80. The SMILES string of the molecule is C=C(C(N)=O)c1ccc(C)cc1Nc1ncc(OCc2c(Cl)c(OC)cc(OC)c2Cl)cn1. The van der Waals surface area contributed by atoms with Crippen molar-refractivity contribution < 1.29 is 19.0 Å². The Balaban J connectivity index is 1.77. The van der Waals surface area contributed by atoms with Gasteiger partial charge >= 0.3 is 0 Å². The summed E-state index contributed by atoms with van der Waals surface area (Å²) in [5.41, 5.74) is 8.21. The van der Waals surface area contributed by atoms with E-state index in [2.05, 4.69) is 21.9 Å². The molecule has 0 aliphatic heterocycles. The van der Waals surface area contributed by atoms with E-state index in [0.29, 0.717) is 50.1 Å². The number of aromatic nitrogens is 2. The summed E-state index contributed by atoms with van der Waals surface area (Å²) in [4.78, 5) is 20.1. The molecule has 33 heavy (non-hydrogen) atoms. The normalized spacial score (nSPS) is 10.5. The molecule has 0 aliphatic carbocycles. The fourth-order valence-electron chi connectivity index (χ4n) is 2.95. The highest BCUT2D eigenvalue weighted by molar-refractivity contribution is 6.37. The van der Waals surface area contributed by atoms with Crippen molar-refractivity contribution in [3.63, 3.8) is 0 Å². The van der Waals surface area contributed by atoms with Crippen LogP contribution in [0, 0.1) is 6.92 Å². The van der Waals surface area contributed by atoms with E-state index >= 15 is 0 Å². The molecule has 0 fully saturated rings. The molecule has 3 N–H and O–H groups in total. The summed E-state index contributed by atoms with van der Waals surface area (Å²) < 4.78 is 16.3. The van der Waals surface area contributed by atoms with Crippen LogP contribution >= 0.6 is 23.2 Å². The summed E-state index contributed by atoms with van der Waals surface area (Å²) in [6, 6.07) is 7.07. The van der Waals surface area contributed by atoms with Crippen LogP contribution in [-0.4, -0.2) is 30.1 Å². The number of hydrogen-bond donors (Lipinski definition) is 2. The third-order valence-corrected chi connectivity index (χ3v) is 5.55. The zero-order chi connectivity index (χ0) is 24.1. The molecule has 1 aromatic heterocycles. The Labute approximate surface area is 201 Å². The van der Waals surface area contributed by atoms with Crippen molar-refractivity contribution in [3.8, 4) is 17.2 Å². The number of carbonyl (C=O) groups excluding carboxylic acids is 1. The van der Waals surface area contributed by atoms with E-state index in [4.69, 9.17) is 43.1 Å². The second-order valence-electron chi connectivity index (χ2n) is 6.94. The lowest BCUT2D eigenvalue weighted by molar-refractivity contribution is -0.112. The summed E-state index contributed by atoms with van der Waals surface area (Å²) in [6.07, 6.45) is 2.99. The van der Waals surface area contributed by atoms with E-state index in [9.17, 15) is 4.79 Å². The number of methoxy groups -OCH3 is 2. The highest BCUT2D eigenvalue weighted by Gasteiger charge is 2.18. The van der Waals surface area contributed by atoms with Crippen LogP contribution in [0.3, 0.4) is 0 Å². The lowest BCUT2D eigenvalue weighted by Gasteiger charge is -2.15. The predicted molar refractivity (Wildman–Crippen MR) is 129 cm³/mol. The van der Waals surface area contributed by atoms with E-state index in [-0.39, 0.29) is 12.2 Å². The minimum absolute atomic E-state index is 0.0435. The van der Waals surface area contributed by atoms with Gasteiger partial charge in [0.15, 0.2) is 5.75 Å². The topological polar surface area (TPSA) is 109 Å². The second-order valence-corrected chi connectivity index (χ2v) is 7.69. The quantitative estimate of drug-likeness (QED) is 0.411. The lowest BCUT2D eigenvalue weighted by Crippen LogP contribution is -2.13. The largest absolute Gasteiger partial charge is 0.495 e. The number of ether oxygens (including phenoxy) is 3. The molecule has 2 aromatic carbocycles. The van der Waals surface area contributed by atoms with Crippen molar-refractivity contribution in [2.45, 2.75) is 13.5 Å². The van der Waals surface area contributed by atoms with Gasteiger partial charge in [0.05, 0.1) is 36.7 Å². The van der Waals surface area contributed by atoms with E-state index in [0.717, 1.165) is 5.56 Å². The number of amides is 1. The van der Waals surface area contributed by atoms with Gasteiger partial charge in [0.25, 0.3) is 0 Å². The van der Waals surface area contributed by atoms with E-state index < -0.39 is 5.91 Å². The van der Waals surface area contributed by atoms with Crippen LogP contribution in [0.15, 0.2) is 43.2 Å². The zero-order valence-corrected chi connectivity index (χ0v) is 19.8. The molecule has 0 saturated heterocycles. The van der Waals surface area contributed by atoms with Crippen molar-refractivity contribution in [1.82, 2.24) is 9.97 Å². The molecular weight excluding hydrogens is 467 g/mol. The number of halogens is 2. The van der Waals surface area contributed by atoms with Crippen molar-refractivity contribution in [1.29, 1.82) is 0 Å². The maximum absolute atomic E-state index is 11.6. The first-order valence-electron chi connectivity index (χ1n) is 9.65. The first-order chi connectivity index (χ1) is 15.7. The Bertz CT molecular complexity index is 1170. The monoisotopic (exact) mass is 488 g/mol. The molecule has 0 saturated carbocycles. The summed E-state index contributed by atoms with van der Waals surface area (Å²) in [5.74, 6) is 0.904. The molecule has 0 aliphatic rings. The van der Waals surface area contributed by atoms with Crippen molar-refractivity contribution >= 4 is 46.3 Å². The Morgan fingerprint density at radius 2 is 1.70 bits per heavy atom. The number of nitrogens with zero attached hydrogens (tertiary/aromatic N) is 2. The van der Waals surface area contributed by atoms with Gasteiger partial charge in [0, 0.05) is 28.5 Å². The first-order valence-corrected chi connectivity index (χ1v) is 10.4. The van der Waals surface area contributed by atoms with Crippen molar-refractivity contribution in [2.24, 2.45) is 5.73 Å². The molecule has 0 atom stereocenters. The molecule has 3 rings (SSSR count). The predicted octanol–water partition coefficient (Wildman–Crippen LogP) is 4.93. The van der Waals surface area contributed by atoms with E-state index in [1.807, 2.05) is 19.1 Å². The third kappa shape index (κ3) is 5.47. The molecule has 10 heteroatoms. The first kappa shape index (κ1) is 24.2. The Kier molecular flexibility index (Phi) is 7.63. The number of nitrogens with two attached hydrogens (primary N) is 1. The highest BCUT2D eigenvalue weighted by atomic mass is 35.5. The molecule has 0 bridgehead atoms. The Morgan fingerprint density at radius 1 is 1.09 bits per heavy atom. The number of nitrogens with one attached hydrogen (secondary N) is 1. The van der Waals surface area contributed by atoms with Crippen LogP contribution < -0.4 is 25.3 Å². The lowest BCUT2D eigenvalue weighted by atomic mass is 10.0. The number of benzene rings is 2. The highest BCUT2D eigenvalue weighted by Crippen LogP contribution is 2.40. The molecule has 8 nitrogen and oxygen atoms in total. The minimum atomic E-state index is -0.613. The molecule has 0 spiro atoms. The molecule has 1 heterocycles. The smallest absolute Gasteiger partial charge is 0.248 e. The molecular formula is C23H22Cl2N4O4. The van der Waals surface area contributed by atoms with Crippen LogP contribution in [-0.2, 0) is 11.4 Å². The molecule has 0 radical (unpaired) electrons. The standard InChI is InChI=1S/C23H22Cl2N4O4/c1-12-5-6-15(13(2)22(26)30)17(7-12)29-23-27-9-14(10-28-23)33-11-16-20(24)18(31-3)8-19(32-4)21(16)25/h5-10H,2,11H2,1,3-4H3,(H2,26,30)(H,27,28,29). The van der Waals surface area contributed by atoms with Crippen LogP contribution in [0.4, 0.5) is 11.6 Å². The van der Waals surface area contributed by atoms with Gasteiger partial charge in [0.2, 0.25) is 11.9 Å². The third-order valence-electron chi connectivity index (χ3n) is 4.72.